The van der Waals surface area contributed by atoms with Crippen molar-refractivity contribution in [3.63, 3.8) is 0 Å². The van der Waals surface area contributed by atoms with Crippen LogP contribution in [0.2, 0.25) is 5.02 Å². The molecule has 8 heteroatoms. The number of benzene rings is 3. The minimum atomic E-state index is -3.40. The molecule has 30 heavy (non-hydrogen) atoms. The summed E-state index contributed by atoms with van der Waals surface area (Å²) >= 11 is 6.18. The van der Waals surface area contributed by atoms with E-state index in [4.69, 9.17) is 11.6 Å². The van der Waals surface area contributed by atoms with E-state index in [0.717, 1.165) is 17.3 Å². The van der Waals surface area contributed by atoms with Crippen LogP contribution in [0.25, 0.3) is 22.4 Å². The number of para-hydroxylation sites is 1. The van der Waals surface area contributed by atoms with E-state index in [1.165, 1.54) is 12.1 Å². The van der Waals surface area contributed by atoms with Crippen LogP contribution in [0.1, 0.15) is 15.9 Å². The minimum absolute atomic E-state index is 0.108. The standard InChI is InChI=1S/C22H18ClN3O3S/c1-13-6-11-16(30(2,28)29)12-17(13)22(27)24-15-9-7-14(8-10-15)21-25-19-5-3-4-18(23)20(19)26-21/h3-12H,1-2H3,(H,24,27)(H,25,26). The number of aryl methyl sites for hydroxylation is 1. The summed E-state index contributed by atoms with van der Waals surface area (Å²) in [7, 11) is -3.40. The van der Waals surface area contributed by atoms with Gasteiger partial charge in [-0.25, -0.2) is 13.4 Å². The first-order valence-corrected chi connectivity index (χ1v) is 11.4. The molecule has 3 aromatic carbocycles. The Hall–Kier alpha value is -3.16. The number of rotatable bonds is 4. The number of halogens is 1. The first-order chi connectivity index (χ1) is 14.2. The zero-order chi connectivity index (χ0) is 21.5. The third-order valence-corrected chi connectivity index (χ3v) is 6.18. The first-order valence-electron chi connectivity index (χ1n) is 9.09. The lowest BCUT2D eigenvalue weighted by Gasteiger charge is -2.10. The van der Waals surface area contributed by atoms with Crippen LogP contribution in [0.4, 0.5) is 5.69 Å². The molecule has 1 heterocycles. The van der Waals surface area contributed by atoms with E-state index >= 15 is 0 Å². The van der Waals surface area contributed by atoms with Crippen molar-refractivity contribution in [1.29, 1.82) is 0 Å². The van der Waals surface area contributed by atoms with Crippen molar-refractivity contribution in [2.24, 2.45) is 0 Å². The molecule has 0 spiro atoms. The van der Waals surface area contributed by atoms with Crippen LogP contribution in [-0.4, -0.2) is 30.5 Å². The summed E-state index contributed by atoms with van der Waals surface area (Å²) in [5.74, 6) is 0.300. The van der Waals surface area contributed by atoms with Crippen LogP contribution in [-0.2, 0) is 9.84 Å². The molecule has 0 aliphatic heterocycles. The number of fused-ring (bicyclic) bond motifs is 1. The van der Waals surface area contributed by atoms with Crippen molar-refractivity contribution in [3.8, 4) is 11.4 Å². The van der Waals surface area contributed by atoms with E-state index < -0.39 is 9.84 Å². The number of nitrogens with one attached hydrogen (secondary N) is 2. The average Bonchev–Trinajstić information content (AvgIpc) is 3.13. The number of carbonyl (C=O) groups excluding carboxylic acids is 1. The van der Waals surface area contributed by atoms with Gasteiger partial charge in [0.2, 0.25) is 0 Å². The second-order valence-corrected chi connectivity index (χ2v) is 9.42. The summed E-state index contributed by atoms with van der Waals surface area (Å²) in [6.45, 7) is 1.76. The van der Waals surface area contributed by atoms with Crippen molar-refractivity contribution in [3.05, 3.63) is 76.8 Å². The molecule has 0 bridgehead atoms. The van der Waals surface area contributed by atoms with Gasteiger partial charge in [-0.1, -0.05) is 23.7 Å². The Labute approximate surface area is 178 Å². The van der Waals surface area contributed by atoms with Crippen molar-refractivity contribution >= 4 is 44.1 Å². The van der Waals surface area contributed by atoms with Gasteiger partial charge < -0.3 is 10.3 Å². The highest BCUT2D eigenvalue weighted by molar-refractivity contribution is 7.90. The average molecular weight is 440 g/mol. The third-order valence-electron chi connectivity index (χ3n) is 4.76. The van der Waals surface area contributed by atoms with Crippen molar-refractivity contribution in [2.75, 3.05) is 11.6 Å². The van der Waals surface area contributed by atoms with Crippen LogP contribution in [0, 0.1) is 6.92 Å². The number of carbonyl (C=O) groups is 1. The first kappa shape index (κ1) is 20.1. The molecule has 1 amide bonds. The fourth-order valence-corrected chi connectivity index (χ4v) is 3.98. The smallest absolute Gasteiger partial charge is 0.255 e. The van der Waals surface area contributed by atoms with Crippen LogP contribution in [0.5, 0.6) is 0 Å². The molecule has 0 aliphatic rings. The number of aromatic amines is 1. The maximum absolute atomic E-state index is 12.7. The van der Waals surface area contributed by atoms with Crippen LogP contribution >= 0.6 is 11.6 Å². The van der Waals surface area contributed by atoms with Gasteiger partial charge in [-0.2, -0.15) is 0 Å². The highest BCUT2D eigenvalue weighted by Gasteiger charge is 2.15. The van der Waals surface area contributed by atoms with E-state index in [1.54, 1.807) is 31.2 Å². The molecule has 0 atom stereocenters. The van der Waals surface area contributed by atoms with Gasteiger partial charge in [0.1, 0.15) is 11.3 Å². The van der Waals surface area contributed by atoms with E-state index in [-0.39, 0.29) is 10.8 Å². The third kappa shape index (κ3) is 3.94. The normalized spacial score (nSPS) is 11.6. The van der Waals surface area contributed by atoms with E-state index in [2.05, 4.69) is 15.3 Å². The Bertz CT molecular complexity index is 1380. The fraction of sp³-hybridized carbons (Fsp3) is 0.0909. The number of hydrogen-bond donors (Lipinski definition) is 2. The van der Waals surface area contributed by atoms with Gasteiger partial charge in [0.05, 0.1) is 15.4 Å². The number of anilines is 1. The summed E-state index contributed by atoms with van der Waals surface area (Å²) < 4.78 is 23.6. The Balaban J connectivity index is 1.58. The van der Waals surface area contributed by atoms with E-state index in [1.807, 2.05) is 24.3 Å². The summed E-state index contributed by atoms with van der Waals surface area (Å²) in [6.07, 6.45) is 1.11. The molecular weight excluding hydrogens is 422 g/mol. The van der Waals surface area contributed by atoms with Gasteiger partial charge in [-0.3, -0.25) is 4.79 Å². The van der Waals surface area contributed by atoms with Gasteiger partial charge in [0.25, 0.3) is 5.91 Å². The van der Waals surface area contributed by atoms with Crippen LogP contribution in [0.15, 0.2) is 65.6 Å². The van der Waals surface area contributed by atoms with Crippen LogP contribution < -0.4 is 5.32 Å². The Morgan fingerprint density at radius 1 is 1.07 bits per heavy atom. The molecule has 2 N–H and O–H groups in total. The van der Waals surface area contributed by atoms with Gasteiger partial charge in [0.15, 0.2) is 9.84 Å². The van der Waals surface area contributed by atoms with Gasteiger partial charge in [0, 0.05) is 23.1 Å². The highest BCUT2D eigenvalue weighted by atomic mass is 35.5. The van der Waals surface area contributed by atoms with Gasteiger partial charge in [-0.15, -0.1) is 0 Å². The lowest BCUT2D eigenvalue weighted by Crippen LogP contribution is -2.14. The number of amides is 1. The van der Waals surface area contributed by atoms with Crippen molar-refractivity contribution in [2.45, 2.75) is 11.8 Å². The molecule has 1 aromatic heterocycles. The molecule has 0 unspecified atom stereocenters. The Kier molecular flexibility index (Phi) is 5.09. The second-order valence-electron chi connectivity index (χ2n) is 7.00. The molecule has 0 fully saturated rings. The molecular formula is C22H18ClN3O3S. The van der Waals surface area contributed by atoms with Crippen LogP contribution in [0.3, 0.4) is 0 Å². The predicted octanol–water partition coefficient (Wildman–Crippen LogP) is 4.85. The summed E-state index contributed by atoms with van der Waals surface area (Å²) in [6, 6.07) is 17.3. The summed E-state index contributed by atoms with van der Waals surface area (Å²) in [4.78, 5) is 20.6. The second kappa shape index (κ2) is 7.59. The SMILES string of the molecule is Cc1ccc(S(C)(=O)=O)cc1C(=O)Nc1ccc(-c2nc3c(Cl)cccc3[nH]2)cc1. The van der Waals surface area contributed by atoms with E-state index in [9.17, 15) is 13.2 Å². The van der Waals surface area contributed by atoms with Gasteiger partial charge in [-0.05, 0) is 61.0 Å². The molecule has 4 aromatic rings. The maximum atomic E-state index is 12.7. The number of H-pyrrole nitrogens is 1. The van der Waals surface area contributed by atoms with Crippen molar-refractivity contribution in [1.82, 2.24) is 9.97 Å². The monoisotopic (exact) mass is 439 g/mol. The van der Waals surface area contributed by atoms with Gasteiger partial charge >= 0.3 is 0 Å². The molecule has 0 radical (unpaired) electrons. The molecule has 6 nitrogen and oxygen atoms in total. The Morgan fingerprint density at radius 3 is 2.47 bits per heavy atom. The molecule has 0 saturated heterocycles. The fourth-order valence-electron chi connectivity index (χ4n) is 3.12. The van der Waals surface area contributed by atoms with Crippen molar-refractivity contribution < 1.29 is 13.2 Å². The topological polar surface area (TPSA) is 91.9 Å². The zero-order valence-electron chi connectivity index (χ0n) is 16.2. The minimum Gasteiger partial charge on any atom is -0.338 e. The summed E-state index contributed by atoms with van der Waals surface area (Å²) in [5, 5.41) is 3.38. The zero-order valence-corrected chi connectivity index (χ0v) is 17.8. The number of nitrogens with zero attached hydrogens (tertiary/aromatic N) is 1. The van der Waals surface area contributed by atoms with E-state index in [0.29, 0.717) is 33.2 Å². The molecule has 152 valence electrons. The number of aromatic nitrogens is 2. The largest absolute Gasteiger partial charge is 0.338 e. The summed E-state index contributed by atoms with van der Waals surface area (Å²) in [5.41, 5.74) is 3.98. The quantitative estimate of drug-likeness (QED) is 0.475. The highest BCUT2D eigenvalue weighted by Crippen LogP contribution is 2.26. The number of hydrogen-bond acceptors (Lipinski definition) is 4. The lowest BCUT2D eigenvalue weighted by molar-refractivity contribution is 0.102. The molecule has 0 aliphatic carbocycles. The number of sulfone groups is 1. The Morgan fingerprint density at radius 2 is 1.80 bits per heavy atom. The maximum Gasteiger partial charge on any atom is 0.255 e. The lowest BCUT2D eigenvalue weighted by atomic mass is 10.1. The molecule has 0 saturated carbocycles. The predicted molar refractivity (Wildman–Crippen MR) is 119 cm³/mol. The number of imidazole rings is 1. The molecule has 4 rings (SSSR count).